The van der Waals surface area contributed by atoms with Gasteiger partial charge in [-0.15, -0.1) is 0 Å². The fourth-order valence-electron chi connectivity index (χ4n) is 1.52. The second-order valence-electron chi connectivity index (χ2n) is 3.65. The highest BCUT2D eigenvalue weighted by Gasteiger charge is 2.15. The first-order valence-electron chi connectivity index (χ1n) is 5.27. The molecule has 0 aliphatic heterocycles. The van der Waals surface area contributed by atoms with Gasteiger partial charge in [-0.05, 0) is 24.3 Å². The Kier molecular flexibility index (Phi) is 3.43. The maximum absolute atomic E-state index is 12.9. The summed E-state index contributed by atoms with van der Waals surface area (Å²) in [7, 11) is 0. The second kappa shape index (κ2) is 5.18. The van der Waals surface area contributed by atoms with Crippen LogP contribution in [0.4, 0.5) is 15.8 Å². The van der Waals surface area contributed by atoms with Gasteiger partial charge in [-0.25, -0.2) is 4.39 Å². The Morgan fingerprint density at radius 2 is 2.21 bits per heavy atom. The first kappa shape index (κ1) is 12.6. The smallest absolute Gasteiger partial charge is 0.295 e. The van der Waals surface area contributed by atoms with Crippen LogP contribution in [0.15, 0.2) is 34.7 Å². The number of rotatable bonds is 4. The van der Waals surface area contributed by atoms with Crippen molar-refractivity contribution in [2.75, 3.05) is 5.32 Å². The zero-order valence-corrected chi connectivity index (χ0v) is 9.59. The summed E-state index contributed by atoms with van der Waals surface area (Å²) in [5.74, 6) is -0.0670. The summed E-state index contributed by atoms with van der Waals surface area (Å²) in [6.07, 6.45) is 0. The molecule has 0 amide bonds. The quantitative estimate of drug-likeness (QED) is 0.674. The maximum Gasteiger partial charge on any atom is 0.295 e. The SMILES string of the molecule is N#Cc1ccc(CNc2ccc(F)cc2[N+](=O)[O-])o1. The fraction of sp³-hybridized carbons (Fsp3) is 0.0833. The van der Waals surface area contributed by atoms with E-state index in [1.54, 1.807) is 6.07 Å². The van der Waals surface area contributed by atoms with Gasteiger partial charge in [0.05, 0.1) is 17.5 Å². The molecule has 0 bridgehead atoms. The average molecular weight is 261 g/mol. The molecule has 0 aliphatic carbocycles. The Hall–Kier alpha value is -2.88. The number of furan rings is 1. The second-order valence-corrected chi connectivity index (χ2v) is 3.65. The normalized spacial score (nSPS) is 9.89. The van der Waals surface area contributed by atoms with E-state index >= 15 is 0 Å². The molecule has 1 heterocycles. The summed E-state index contributed by atoms with van der Waals surface area (Å²) in [5.41, 5.74) is -0.173. The standard InChI is InChI=1S/C12H8FN3O3/c13-8-1-4-11(12(5-8)16(17)18)15-7-10-3-2-9(6-14)19-10/h1-5,15H,7H2. The molecule has 0 aliphatic rings. The van der Waals surface area contributed by atoms with Crippen LogP contribution < -0.4 is 5.32 Å². The van der Waals surface area contributed by atoms with Crippen LogP contribution in [0.2, 0.25) is 0 Å². The number of nitriles is 1. The van der Waals surface area contributed by atoms with Crippen LogP contribution in [0, 0.1) is 27.3 Å². The van der Waals surface area contributed by atoms with Gasteiger partial charge in [-0.1, -0.05) is 0 Å². The number of nitro benzene ring substituents is 1. The van der Waals surface area contributed by atoms with E-state index in [4.69, 9.17) is 9.68 Å². The summed E-state index contributed by atoms with van der Waals surface area (Å²) < 4.78 is 18.0. The Labute approximate surface area is 107 Å². The first-order valence-corrected chi connectivity index (χ1v) is 5.27. The van der Waals surface area contributed by atoms with Crippen molar-refractivity contribution >= 4 is 11.4 Å². The van der Waals surface area contributed by atoms with Gasteiger partial charge in [0, 0.05) is 0 Å². The maximum atomic E-state index is 12.9. The van der Waals surface area contributed by atoms with E-state index in [1.807, 2.05) is 6.07 Å². The molecule has 0 unspecified atom stereocenters. The van der Waals surface area contributed by atoms with Crippen LogP contribution >= 0.6 is 0 Å². The van der Waals surface area contributed by atoms with Gasteiger partial charge < -0.3 is 9.73 Å². The molecule has 0 radical (unpaired) electrons. The van der Waals surface area contributed by atoms with E-state index in [1.165, 1.54) is 12.1 Å². The van der Waals surface area contributed by atoms with Crippen LogP contribution in [0.3, 0.4) is 0 Å². The largest absolute Gasteiger partial charge is 0.449 e. The third-order valence-corrected chi connectivity index (χ3v) is 2.38. The van der Waals surface area contributed by atoms with Gasteiger partial charge >= 0.3 is 0 Å². The number of hydrogen-bond donors (Lipinski definition) is 1. The molecule has 1 aromatic carbocycles. The molecular weight excluding hydrogens is 253 g/mol. The van der Waals surface area contributed by atoms with Gasteiger partial charge in [0.1, 0.15) is 23.3 Å². The topological polar surface area (TPSA) is 92.1 Å². The minimum Gasteiger partial charge on any atom is -0.449 e. The Bertz CT molecular complexity index is 660. The van der Waals surface area contributed by atoms with E-state index in [2.05, 4.69) is 5.32 Å². The number of halogens is 1. The number of nitro groups is 1. The van der Waals surface area contributed by atoms with Crippen LogP contribution in [0.25, 0.3) is 0 Å². The molecule has 2 aromatic rings. The zero-order valence-electron chi connectivity index (χ0n) is 9.59. The molecule has 96 valence electrons. The van der Waals surface area contributed by atoms with Gasteiger partial charge in [0.25, 0.3) is 5.69 Å². The van der Waals surface area contributed by atoms with Crippen LogP contribution in [0.5, 0.6) is 0 Å². The lowest BCUT2D eigenvalue weighted by molar-refractivity contribution is -0.384. The fourth-order valence-corrected chi connectivity index (χ4v) is 1.52. The van der Waals surface area contributed by atoms with Crippen molar-refractivity contribution in [2.24, 2.45) is 0 Å². The summed E-state index contributed by atoms with van der Waals surface area (Å²) >= 11 is 0. The Morgan fingerprint density at radius 1 is 1.42 bits per heavy atom. The van der Waals surface area contributed by atoms with Crippen molar-refractivity contribution in [3.8, 4) is 6.07 Å². The summed E-state index contributed by atoms with van der Waals surface area (Å²) in [6, 6.07) is 8.15. The van der Waals surface area contributed by atoms with E-state index in [9.17, 15) is 14.5 Å². The number of hydrogen-bond acceptors (Lipinski definition) is 5. The van der Waals surface area contributed by atoms with Crippen molar-refractivity contribution < 1.29 is 13.7 Å². The molecule has 0 atom stereocenters. The van der Waals surface area contributed by atoms with Gasteiger partial charge in [-0.3, -0.25) is 10.1 Å². The molecule has 7 heteroatoms. The lowest BCUT2D eigenvalue weighted by Crippen LogP contribution is -2.02. The lowest BCUT2D eigenvalue weighted by Gasteiger charge is -2.05. The van der Waals surface area contributed by atoms with Gasteiger partial charge in [-0.2, -0.15) is 5.26 Å². The summed E-state index contributed by atoms with van der Waals surface area (Å²) in [6.45, 7) is 0.161. The van der Waals surface area contributed by atoms with E-state index in [0.29, 0.717) is 5.76 Å². The van der Waals surface area contributed by atoms with Gasteiger partial charge in [0.2, 0.25) is 5.76 Å². The highest BCUT2D eigenvalue weighted by atomic mass is 19.1. The minimum absolute atomic E-state index is 0.158. The van der Waals surface area contributed by atoms with Crippen molar-refractivity contribution in [3.63, 3.8) is 0 Å². The molecule has 1 N–H and O–H groups in total. The van der Waals surface area contributed by atoms with Crippen molar-refractivity contribution in [1.29, 1.82) is 5.26 Å². The van der Waals surface area contributed by atoms with Crippen molar-refractivity contribution in [2.45, 2.75) is 6.54 Å². The predicted molar refractivity (Wildman–Crippen MR) is 63.8 cm³/mol. The first-order chi connectivity index (χ1) is 9.10. The van der Waals surface area contributed by atoms with Gasteiger partial charge in [0.15, 0.2) is 0 Å². The molecule has 0 fully saturated rings. The highest BCUT2D eigenvalue weighted by molar-refractivity contribution is 5.61. The number of nitrogens with zero attached hydrogens (tertiary/aromatic N) is 2. The van der Waals surface area contributed by atoms with Crippen LogP contribution in [-0.2, 0) is 6.54 Å². The Balaban J connectivity index is 2.15. The number of nitrogens with one attached hydrogen (secondary N) is 1. The molecule has 0 spiro atoms. The molecule has 2 rings (SSSR count). The molecular formula is C12H8FN3O3. The molecule has 1 aromatic heterocycles. The van der Waals surface area contributed by atoms with Crippen LogP contribution in [0.1, 0.15) is 11.5 Å². The Morgan fingerprint density at radius 3 is 2.84 bits per heavy atom. The summed E-state index contributed by atoms with van der Waals surface area (Å²) in [5, 5.41) is 22.1. The molecule has 19 heavy (non-hydrogen) atoms. The summed E-state index contributed by atoms with van der Waals surface area (Å²) in [4.78, 5) is 10.1. The minimum atomic E-state index is -0.679. The van der Waals surface area contributed by atoms with Crippen molar-refractivity contribution in [3.05, 3.63) is 57.8 Å². The number of benzene rings is 1. The van der Waals surface area contributed by atoms with E-state index < -0.39 is 10.7 Å². The van der Waals surface area contributed by atoms with E-state index in [-0.39, 0.29) is 23.7 Å². The van der Waals surface area contributed by atoms with Crippen molar-refractivity contribution in [1.82, 2.24) is 0 Å². The molecule has 6 nitrogen and oxygen atoms in total. The highest BCUT2D eigenvalue weighted by Crippen LogP contribution is 2.25. The third-order valence-electron chi connectivity index (χ3n) is 2.38. The lowest BCUT2D eigenvalue weighted by atomic mass is 10.2. The number of anilines is 1. The van der Waals surface area contributed by atoms with Crippen LogP contribution in [-0.4, -0.2) is 4.92 Å². The predicted octanol–water partition coefficient (Wildman–Crippen LogP) is 2.81. The monoisotopic (exact) mass is 261 g/mol. The molecule has 0 saturated heterocycles. The zero-order chi connectivity index (χ0) is 13.8. The average Bonchev–Trinajstić information content (AvgIpc) is 2.85. The third kappa shape index (κ3) is 2.87. The van der Waals surface area contributed by atoms with E-state index in [0.717, 1.165) is 12.1 Å². The molecule has 0 saturated carbocycles.